The summed E-state index contributed by atoms with van der Waals surface area (Å²) in [4.78, 5) is 13.6. The lowest BCUT2D eigenvalue weighted by atomic mass is 10.1. The molecule has 0 fully saturated rings. The van der Waals surface area contributed by atoms with Gasteiger partial charge in [-0.1, -0.05) is 0 Å². The molecule has 3 heterocycles. The van der Waals surface area contributed by atoms with Crippen LogP contribution >= 0.6 is 11.3 Å². The van der Waals surface area contributed by atoms with Crippen LogP contribution in [0, 0.1) is 12.7 Å². The average Bonchev–Trinajstić information content (AvgIpc) is 3.35. The van der Waals surface area contributed by atoms with Crippen LogP contribution in [-0.4, -0.2) is 49.4 Å². The van der Waals surface area contributed by atoms with Crippen LogP contribution in [0.15, 0.2) is 24.4 Å². The molecule has 0 amide bonds. The number of aryl methyl sites for hydroxylation is 1. The summed E-state index contributed by atoms with van der Waals surface area (Å²) < 4.78 is 53.8. The van der Waals surface area contributed by atoms with E-state index < -0.39 is 22.0 Å². The van der Waals surface area contributed by atoms with Gasteiger partial charge in [0.2, 0.25) is 5.88 Å². The van der Waals surface area contributed by atoms with E-state index in [4.69, 9.17) is 13.7 Å². The highest BCUT2D eigenvalue weighted by molar-refractivity contribution is 7.85. The number of aromatic nitrogens is 3. The molecule has 0 radical (unpaired) electrons. The van der Waals surface area contributed by atoms with Crippen molar-refractivity contribution in [3.05, 3.63) is 41.3 Å². The van der Waals surface area contributed by atoms with E-state index >= 15 is 0 Å². The van der Waals surface area contributed by atoms with Gasteiger partial charge in [0, 0.05) is 23.6 Å². The molecule has 0 saturated carbocycles. The van der Waals surface area contributed by atoms with Gasteiger partial charge < -0.3 is 9.47 Å². The van der Waals surface area contributed by atoms with Crippen molar-refractivity contribution < 1.29 is 26.5 Å². The summed E-state index contributed by atoms with van der Waals surface area (Å²) in [6, 6.07) is 5.22. The highest BCUT2D eigenvalue weighted by Crippen LogP contribution is 2.43. The fourth-order valence-electron chi connectivity index (χ4n) is 3.74. The number of thiazole rings is 1. The van der Waals surface area contributed by atoms with Crippen molar-refractivity contribution in [2.45, 2.75) is 19.4 Å². The van der Waals surface area contributed by atoms with Crippen LogP contribution in [0.1, 0.15) is 11.1 Å². The van der Waals surface area contributed by atoms with Crippen LogP contribution in [0.4, 0.5) is 4.39 Å². The fourth-order valence-corrected chi connectivity index (χ4v) is 5.25. The molecule has 0 bridgehead atoms. The van der Waals surface area contributed by atoms with E-state index in [1.165, 1.54) is 24.5 Å². The van der Waals surface area contributed by atoms with Crippen LogP contribution in [0.25, 0.3) is 31.8 Å². The summed E-state index contributed by atoms with van der Waals surface area (Å²) in [6.07, 6.45) is 2.25. The number of hydrogen-bond acceptors (Lipinski definition) is 9. The van der Waals surface area contributed by atoms with E-state index in [2.05, 4.69) is 15.0 Å². The number of methoxy groups -OCH3 is 1. The Kier molecular flexibility index (Phi) is 4.99. The molecule has 0 unspecified atom stereocenters. The molecule has 2 aromatic heterocycles. The lowest BCUT2D eigenvalue weighted by molar-refractivity contribution is 0.149. The first-order valence-electron chi connectivity index (χ1n) is 9.66. The van der Waals surface area contributed by atoms with Crippen LogP contribution in [0.2, 0.25) is 0 Å². The number of ether oxygens (including phenoxy) is 2. The molecule has 4 aromatic rings. The average molecular weight is 476 g/mol. The monoisotopic (exact) mass is 475 g/mol. The Morgan fingerprint density at radius 1 is 1.25 bits per heavy atom. The van der Waals surface area contributed by atoms with E-state index in [0.717, 1.165) is 22.1 Å². The quantitative estimate of drug-likeness (QED) is 0.403. The molecule has 11 heteroatoms. The zero-order valence-corrected chi connectivity index (χ0v) is 19.0. The minimum atomic E-state index is -3.62. The number of fused-ring (bicyclic) bond motifs is 4. The van der Waals surface area contributed by atoms with Crippen molar-refractivity contribution in [1.82, 2.24) is 15.0 Å². The first-order chi connectivity index (χ1) is 15.2. The van der Waals surface area contributed by atoms with Crippen molar-refractivity contribution in [1.29, 1.82) is 0 Å². The first-order valence-corrected chi connectivity index (χ1v) is 12.3. The topological polar surface area (TPSA) is 101 Å². The molecular weight excluding hydrogens is 457 g/mol. The summed E-state index contributed by atoms with van der Waals surface area (Å²) in [5.74, 6) is -0.00370. The smallest absolute Gasteiger partial charge is 0.264 e. The highest BCUT2D eigenvalue weighted by Gasteiger charge is 2.31. The number of hydrogen-bond donors (Lipinski definition) is 0. The zero-order valence-electron chi connectivity index (χ0n) is 17.4. The van der Waals surface area contributed by atoms with Crippen molar-refractivity contribution in [2.75, 3.05) is 20.0 Å². The van der Waals surface area contributed by atoms with Crippen LogP contribution < -0.4 is 9.47 Å². The van der Waals surface area contributed by atoms with Crippen LogP contribution in [-0.2, 0) is 20.7 Å². The fraction of sp³-hybridized carbons (Fsp3) is 0.286. The van der Waals surface area contributed by atoms with Gasteiger partial charge in [0.25, 0.3) is 10.1 Å². The van der Waals surface area contributed by atoms with Crippen molar-refractivity contribution >= 4 is 42.7 Å². The summed E-state index contributed by atoms with van der Waals surface area (Å²) in [6.45, 7) is 1.77. The van der Waals surface area contributed by atoms with Crippen molar-refractivity contribution in [3.8, 4) is 22.2 Å². The van der Waals surface area contributed by atoms with Crippen molar-refractivity contribution in [3.63, 3.8) is 0 Å². The molecule has 0 N–H and O–H groups in total. The summed E-state index contributed by atoms with van der Waals surface area (Å²) >= 11 is 1.41. The van der Waals surface area contributed by atoms with E-state index in [-0.39, 0.29) is 12.4 Å². The van der Waals surface area contributed by atoms with Gasteiger partial charge >= 0.3 is 0 Å². The standard InChI is InChI=1S/C21H18FN3O5S2/c1-10-4-12(18-15(5-10)24-17(28-2)8-23-18)21-25-16-7-14(22)19-13(20(16)31-21)6-11(30-19)9-29-32(3,26)27/h4-5,7-8,11H,6,9H2,1-3H3/t11-/m1/s1. The number of benzene rings is 2. The maximum Gasteiger partial charge on any atom is 0.264 e. The second-order valence-electron chi connectivity index (χ2n) is 7.56. The Morgan fingerprint density at radius 3 is 2.81 bits per heavy atom. The molecule has 166 valence electrons. The molecule has 2 aromatic carbocycles. The molecule has 32 heavy (non-hydrogen) atoms. The Hall–Kier alpha value is -2.89. The molecule has 0 saturated heterocycles. The zero-order chi connectivity index (χ0) is 22.6. The van der Waals surface area contributed by atoms with Gasteiger partial charge in [0.15, 0.2) is 11.6 Å². The molecule has 1 atom stereocenters. The van der Waals surface area contributed by atoms with E-state index in [0.29, 0.717) is 39.4 Å². The van der Waals surface area contributed by atoms with Gasteiger partial charge in [0.05, 0.1) is 40.8 Å². The number of rotatable bonds is 5. The van der Waals surface area contributed by atoms with Crippen LogP contribution in [0.5, 0.6) is 11.6 Å². The maximum absolute atomic E-state index is 14.7. The Bertz CT molecular complexity index is 1490. The van der Waals surface area contributed by atoms with Gasteiger partial charge in [-0.3, -0.25) is 4.18 Å². The second kappa shape index (κ2) is 7.61. The maximum atomic E-state index is 14.7. The van der Waals surface area contributed by atoms with E-state index in [9.17, 15) is 12.8 Å². The third-order valence-corrected chi connectivity index (χ3v) is 6.80. The SMILES string of the molecule is COc1cnc2c(-c3nc4cc(F)c5c(c4s3)C[C@H](COS(C)(=O)=O)O5)cc(C)cc2n1. The Balaban J connectivity index is 1.59. The molecular formula is C21H18FN3O5S2. The van der Waals surface area contributed by atoms with Gasteiger partial charge in [0.1, 0.15) is 17.7 Å². The summed E-state index contributed by atoms with van der Waals surface area (Å²) in [7, 11) is -2.09. The van der Waals surface area contributed by atoms with Gasteiger partial charge in [-0.2, -0.15) is 8.42 Å². The first kappa shape index (κ1) is 21.0. The molecule has 1 aliphatic rings. The highest BCUT2D eigenvalue weighted by atomic mass is 32.2. The molecule has 5 rings (SSSR count). The van der Waals surface area contributed by atoms with Gasteiger partial charge in [-0.25, -0.2) is 19.3 Å². The summed E-state index contributed by atoms with van der Waals surface area (Å²) in [5.41, 5.74) is 4.29. The largest absolute Gasteiger partial charge is 0.484 e. The van der Waals surface area contributed by atoms with Crippen molar-refractivity contribution in [2.24, 2.45) is 0 Å². The van der Waals surface area contributed by atoms with Gasteiger partial charge in [-0.05, 0) is 24.6 Å². The van der Waals surface area contributed by atoms with E-state index in [1.54, 1.807) is 6.20 Å². The molecule has 8 nitrogen and oxygen atoms in total. The molecule has 0 aliphatic carbocycles. The minimum Gasteiger partial charge on any atom is -0.484 e. The Morgan fingerprint density at radius 2 is 2.06 bits per heavy atom. The molecule has 0 spiro atoms. The lowest BCUT2D eigenvalue weighted by Gasteiger charge is -2.09. The van der Waals surface area contributed by atoms with Gasteiger partial charge in [-0.15, -0.1) is 11.3 Å². The van der Waals surface area contributed by atoms with E-state index in [1.807, 2.05) is 19.1 Å². The predicted molar refractivity (Wildman–Crippen MR) is 118 cm³/mol. The lowest BCUT2D eigenvalue weighted by Crippen LogP contribution is -2.22. The second-order valence-corrected chi connectivity index (χ2v) is 10.2. The summed E-state index contributed by atoms with van der Waals surface area (Å²) in [5, 5.41) is 0.678. The number of nitrogens with zero attached hydrogens (tertiary/aromatic N) is 3. The third-order valence-electron chi connectivity index (χ3n) is 5.07. The molecule has 1 aliphatic heterocycles. The normalized spacial score (nSPS) is 15.8. The third kappa shape index (κ3) is 3.76. The van der Waals surface area contributed by atoms with Crippen LogP contribution in [0.3, 0.4) is 0 Å². The minimum absolute atomic E-state index is 0.119. The Labute approximate surface area is 187 Å². The number of halogens is 1. The predicted octanol–water partition coefficient (Wildman–Crippen LogP) is 3.64.